The lowest BCUT2D eigenvalue weighted by atomic mass is 9.87. The lowest BCUT2D eigenvalue weighted by molar-refractivity contribution is 0.0820. The molecule has 0 bridgehead atoms. The molecule has 1 aliphatic heterocycles. The van der Waals surface area contributed by atoms with Crippen LogP contribution < -0.4 is 0 Å². The van der Waals surface area contributed by atoms with Gasteiger partial charge in [0.15, 0.2) is 0 Å². The summed E-state index contributed by atoms with van der Waals surface area (Å²) in [7, 11) is 0. The molecule has 1 N–H and O–H groups in total. The van der Waals surface area contributed by atoms with E-state index in [1.807, 2.05) is 12.1 Å². The number of aromatic hydroxyl groups is 1. The number of rotatable bonds is 0. The maximum absolute atomic E-state index is 9.90. The van der Waals surface area contributed by atoms with Gasteiger partial charge in [0, 0.05) is 11.0 Å². The maximum atomic E-state index is 9.90. The Labute approximate surface area is 83.5 Å². The fourth-order valence-corrected chi connectivity index (χ4v) is 2.48. The van der Waals surface area contributed by atoms with Crippen molar-refractivity contribution in [3.63, 3.8) is 0 Å². The minimum absolute atomic E-state index is 0.170. The van der Waals surface area contributed by atoms with Crippen molar-refractivity contribution in [3.8, 4) is 5.75 Å². The molecule has 1 aliphatic carbocycles. The number of phenols is 1. The van der Waals surface area contributed by atoms with Crippen molar-refractivity contribution in [1.29, 1.82) is 0 Å². The lowest BCUT2D eigenvalue weighted by Gasteiger charge is -2.27. The molecular formula is C12H14O2. The summed E-state index contributed by atoms with van der Waals surface area (Å²) in [6.07, 6.45) is 2.33. The summed E-state index contributed by atoms with van der Waals surface area (Å²) in [5, 5.41) is 9.90. The SMILES string of the molecule is Cc1ccc(O)c2c1COCC21CC1. The Kier molecular flexibility index (Phi) is 1.49. The van der Waals surface area contributed by atoms with Crippen molar-refractivity contribution >= 4 is 0 Å². The van der Waals surface area contributed by atoms with Gasteiger partial charge in [0.25, 0.3) is 0 Å². The van der Waals surface area contributed by atoms with E-state index in [-0.39, 0.29) is 5.41 Å². The van der Waals surface area contributed by atoms with Crippen LogP contribution >= 0.6 is 0 Å². The molecule has 1 fully saturated rings. The molecule has 0 amide bonds. The van der Waals surface area contributed by atoms with Crippen LogP contribution in [0.5, 0.6) is 5.75 Å². The maximum Gasteiger partial charge on any atom is 0.119 e. The van der Waals surface area contributed by atoms with Gasteiger partial charge in [-0.25, -0.2) is 0 Å². The predicted octanol–water partition coefficient (Wildman–Crippen LogP) is 2.26. The van der Waals surface area contributed by atoms with Crippen LogP contribution in [0.15, 0.2) is 12.1 Å². The van der Waals surface area contributed by atoms with Gasteiger partial charge in [-0.15, -0.1) is 0 Å². The Balaban J connectivity index is 2.25. The quantitative estimate of drug-likeness (QED) is 0.680. The van der Waals surface area contributed by atoms with Gasteiger partial charge in [0.1, 0.15) is 5.75 Å². The van der Waals surface area contributed by atoms with E-state index in [0.29, 0.717) is 12.4 Å². The molecule has 1 aromatic rings. The van der Waals surface area contributed by atoms with Gasteiger partial charge in [-0.2, -0.15) is 0 Å². The fraction of sp³-hybridized carbons (Fsp3) is 0.500. The summed E-state index contributed by atoms with van der Waals surface area (Å²) < 4.78 is 5.60. The smallest absolute Gasteiger partial charge is 0.119 e. The molecule has 0 radical (unpaired) electrons. The predicted molar refractivity (Wildman–Crippen MR) is 53.4 cm³/mol. The van der Waals surface area contributed by atoms with Crippen molar-refractivity contribution < 1.29 is 9.84 Å². The molecule has 1 aromatic carbocycles. The molecule has 1 spiro atoms. The van der Waals surface area contributed by atoms with E-state index >= 15 is 0 Å². The van der Waals surface area contributed by atoms with Crippen LogP contribution in [0, 0.1) is 6.92 Å². The first-order chi connectivity index (χ1) is 6.73. The molecule has 1 saturated carbocycles. The van der Waals surface area contributed by atoms with Crippen LogP contribution in [0.2, 0.25) is 0 Å². The molecule has 74 valence electrons. The Morgan fingerprint density at radius 1 is 1.36 bits per heavy atom. The normalized spacial score (nSPS) is 22.1. The Hall–Kier alpha value is -1.02. The lowest BCUT2D eigenvalue weighted by Crippen LogP contribution is -2.23. The monoisotopic (exact) mass is 190 g/mol. The van der Waals surface area contributed by atoms with Crippen molar-refractivity contribution in [3.05, 3.63) is 28.8 Å². The number of ether oxygens (including phenoxy) is 1. The number of hydrogen-bond donors (Lipinski definition) is 1. The van der Waals surface area contributed by atoms with Gasteiger partial charge >= 0.3 is 0 Å². The van der Waals surface area contributed by atoms with E-state index in [0.717, 1.165) is 19.4 Å². The summed E-state index contributed by atoms with van der Waals surface area (Å²) in [6, 6.07) is 3.79. The van der Waals surface area contributed by atoms with Gasteiger partial charge in [0.05, 0.1) is 13.2 Å². The average Bonchev–Trinajstić information content (AvgIpc) is 2.92. The summed E-state index contributed by atoms with van der Waals surface area (Å²) in [5.41, 5.74) is 3.80. The standard InChI is InChI=1S/C12H14O2/c1-8-2-3-10(13)11-9(8)6-14-7-12(11)4-5-12/h2-3,13H,4-7H2,1H3. The van der Waals surface area contributed by atoms with Crippen LogP contribution in [0.4, 0.5) is 0 Å². The molecule has 2 heteroatoms. The minimum Gasteiger partial charge on any atom is -0.508 e. The summed E-state index contributed by atoms with van der Waals surface area (Å²) in [5.74, 6) is 0.464. The molecule has 0 saturated heterocycles. The van der Waals surface area contributed by atoms with Crippen molar-refractivity contribution in [1.82, 2.24) is 0 Å². The second-order valence-electron chi connectivity index (χ2n) is 4.53. The highest BCUT2D eigenvalue weighted by Gasteiger charge is 2.49. The molecule has 1 heterocycles. The third-order valence-electron chi connectivity index (χ3n) is 3.53. The van der Waals surface area contributed by atoms with Crippen LogP contribution in [-0.2, 0) is 16.8 Å². The highest BCUT2D eigenvalue weighted by atomic mass is 16.5. The molecular weight excluding hydrogens is 176 g/mol. The van der Waals surface area contributed by atoms with E-state index in [1.54, 1.807) is 0 Å². The first-order valence-electron chi connectivity index (χ1n) is 5.13. The molecule has 0 atom stereocenters. The molecule has 14 heavy (non-hydrogen) atoms. The van der Waals surface area contributed by atoms with Gasteiger partial charge in [0.2, 0.25) is 0 Å². The first-order valence-corrected chi connectivity index (χ1v) is 5.13. The Morgan fingerprint density at radius 3 is 2.86 bits per heavy atom. The third-order valence-corrected chi connectivity index (χ3v) is 3.53. The second kappa shape index (κ2) is 2.51. The third kappa shape index (κ3) is 0.947. The van der Waals surface area contributed by atoms with E-state index in [9.17, 15) is 5.11 Å². The van der Waals surface area contributed by atoms with Crippen LogP contribution in [-0.4, -0.2) is 11.7 Å². The number of phenolic OH excluding ortho intramolecular Hbond substituents is 1. The van der Waals surface area contributed by atoms with E-state index in [2.05, 4.69) is 6.92 Å². The molecule has 3 rings (SSSR count). The number of aryl methyl sites for hydroxylation is 1. The topological polar surface area (TPSA) is 29.5 Å². The van der Waals surface area contributed by atoms with Crippen LogP contribution in [0.25, 0.3) is 0 Å². The first kappa shape index (κ1) is 8.30. The zero-order valence-electron chi connectivity index (χ0n) is 8.34. The molecule has 0 unspecified atom stereocenters. The Morgan fingerprint density at radius 2 is 2.14 bits per heavy atom. The highest BCUT2D eigenvalue weighted by Crippen LogP contribution is 2.55. The molecule has 2 nitrogen and oxygen atoms in total. The number of fused-ring (bicyclic) bond motifs is 2. The van der Waals surface area contributed by atoms with Crippen LogP contribution in [0.1, 0.15) is 29.5 Å². The van der Waals surface area contributed by atoms with E-state index < -0.39 is 0 Å². The van der Waals surface area contributed by atoms with Crippen molar-refractivity contribution in [2.45, 2.75) is 31.8 Å². The summed E-state index contributed by atoms with van der Waals surface area (Å²) >= 11 is 0. The zero-order chi connectivity index (χ0) is 9.76. The minimum atomic E-state index is 0.170. The molecule has 0 aromatic heterocycles. The van der Waals surface area contributed by atoms with Gasteiger partial charge in [-0.05, 0) is 37.0 Å². The van der Waals surface area contributed by atoms with Gasteiger partial charge in [-0.1, -0.05) is 6.07 Å². The van der Waals surface area contributed by atoms with Gasteiger partial charge < -0.3 is 9.84 Å². The largest absolute Gasteiger partial charge is 0.508 e. The fourth-order valence-electron chi connectivity index (χ4n) is 2.48. The highest BCUT2D eigenvalue weighted by molar-refractivity contribution is 5.52. The van der Waals surface area contributed by atoms with Crippen molar-refractivity contribution in [2.75, 3.05) is 6.61 Å². The second-order valence-corrected chi connectivity index (χ2v) is 4.53. The zero-order valence-corrected chi connectivity index (χ0v) is 8.34. The average molecular weight is 190 g/mol. The number of benzene rings is 1. The van der Waals surface area contributed by atoms with E-state index in [4.69, 9.17) is 4.74 Å². The van der Waals surface area contributed by atoms with E-state index in [1.165, 1.54) is 16.7 Å². The van der Waals surface area contributed by atoms with Crippen LogP contribution in [0.3, 0.4) is 0 Å². The summed E-state index contributed by atoms with van der Waals surface area (Å²) in [6.45, 7) is 3.54. The van der Waals surface area contributed by atoms with Crippen molar-refractivity contribution in [2.24, 2.45) is 0 Å². The molecule has 2 aliphatic rings. The Bertz CT molecular complexity index is 392. The number of hydrogen-bond acceptors (Lipinski definition) is 2. The van der Waals surface area contributed by atoms with Gasteiger partial charge in [-0.3, -0.25) is 0 Å². The summed E-state index contributed by atoms with van der Waals surface area (Å²) in [4.78, 5) is 0.